The largest absolute Gasteiger partial charge is 0.496 e. The monoisotopic (exact) mass is 528 g/mol. The minimum absolute atomic E-state index is 0.0175. The average Bonchev–Trinajstić information content (AvgIpc) is 3.06. The summed E-state index contributed by atoms with van der Waals surface area (Å²) < 4.78 is 5.71. The molecule has 0 aliphatic carbocycles. The van der Waals surface area contributed by atoms with E-state index >= 15 is 0 Å². The van der Waals surface area contributed by atoms with E-state index in [0.29, 0.717) is 29.1 Å². The predicted molar refractivity (Wildman–Crippen MR) is 149 cm³/mol. The van der Waals surface area contributed by atoms with Gasteiger partial charge < -0.3 is 25.2 Å². The van der Waals surface area contributed by atoms with Crippen LogP contribution in [0.2, 0.25) is 0 Å². The fraction of sp³-hybridized carbons (Fsp3) is 0.333. The Balaban J connectivity index is 1.71. The molecule has 0 fully saturated rings. The number of nitrogens with one attached hydrogen (secondary N) is 2. The fourth-order valence-corrected chi connectivity index (χ4v) is 5.26. The molecule has 3 amide bonds. The highest BCUT2D eigenvalue weighted by Crippen LogP contribution is 2.38. The van der Waals surface area contributed by atoms with Crippen molar-refractivity contribution in [1.29, 1.82) is 0 Å². The number of anilines is 2. The molecule has 0 aromatic heterocycles. The van der Waals surface area contributed by atoms with Crippen molar-refractivity contribution in [2.75, 3.05) is 30.5 Å². The lowest BCUT2D eigenvalue weighted by Gasteiger charge is -2.27. The van der Waals surface area contributed by atoms with E-state index in [1.165, 1.54) is 0 Å². The fourth-order valence-electron chi connectivity index (χ4n) is 5.26. The third kappa shape index (κ3) is 4.97. The van der Waals surface area contributed by atoms with Crippen molar-refractivity contribution in [2.45, 2.75) is 44.8 Å². The van der Waals surface area contributed by atoms with E-state index in [0.717, 1.165) is 16.3 Å². The summed E-state index contributed by atoms with van der Waals surface area (Å²) >= 11 is 0. The molecule has 0 saturated carbocycles. The smallest absolute Gasteiger partial charge is 0.251 e. The molecular formula is C30H32N4O5. The van der Waals surface area contributed by atoms with Crippen LogP contribution in [0.4, 0.5) is 11.4 Å². The minimum atomic E-state index is -0.980. The number of ketones is 1. The highest BCUT2D eigenvalue weighted by Gasteiger charge is 2.37. The van der Waals surface area contributed by atoms with E-state index in [1.54, 1.807) is 36.9 Å². The first-order chi connectivity index (χ1) is 18.8. The predicted octanol–water partition coefficient (Wildman–Crippen LogP) is 3.19. The Labute approximate surface area is 227 Å². The van der Waals surface area contributed by atoms with Crippen LogP contribution in [-0.4, -0.2) is 56.3 Å². The van der Waals surface area contributed by atoms with Gasteiger partial charge in [0.2, 0.25) is 11.8 Å². The van der Waals surface area contributed by atoms with Gasteiger partial charge in [0.25, 0.3) is 5.91 Å². The van der Waals surface area contributed by atoms with Gasteiger partial charge in [-0.1, -0.05) is 30.3 Å². The number of amides is 3. The van der Waals surface area contributed by atoms with Crippen LogP contribution in [0.5, 0.6) is 5.75 Å². The second-order valence-electron chi connectivity index (χ2n) is 9.95. The molecule has 0 saturated heterocycles. The molecule has 9 heteroatoms. The SMILES string of the molecule is CN[C@@H](C)C(=O)N[C@H]1CN2C(=O)CCCC(=O)c3ccc4c(c(OC)ccc4c3)CN(C1=O)c1ccccc12. The number of Topliss-reactive ketones (excluding diaryl/α,β-unsaturated/α-hetero) is 1. The molecule has 3 aliphatic heterocycles. The number of methoxy groups -OCH3 is 1. The zero-order valence-electron chi connectivity index (χ0n) is 22.3. The first-order valence-electron chi connectivity index (χ1n) is 13.1. The maximum Gasteiger partial charge on any atom is 0.251 e. The Kier molecular flexibility index (Phi) is 7.34. The summed E-state index contributed by atoms with van der Waals surface area (Å²) in [6.07, 6.45) is 0.722. The van der Waals surface area contributed by atoms with Crippen LogP contribution in [0.15, 0.2) is 54.6 Å². The lowest BCUT2D eigenvalue weighted by molar-refractivity contribution is -0.128. The number of para-hydroxylation sites is 2. The lowest BCUT2D eigenvalue weighted by atomic mass is 9.97. The maximum absolute atomic E-state index is 14.2. The normalized spacial score (nSPS) is 18.5. The van der Waals surface area contributed by atoms with Gasteiger partial charge in [0.05, 0.1) is 37.6 Å². The third-order valence-corrected chi connectivity index (χ3v) is 7.58. The highest BCUT2D eigenvalue weighted by molar-refractivity contribution is 6.09. The van der Waals surface area contributed by atoms with Crippen LogP contribution in [0, 0.1) is 0 Å². The Morgan fingerprint density at radius 2 is 1.74 bits per heavy atom. The minimum Gasteiger partial charge on any atom is -0.496 e. The maximum atomic E-state index is 14.2. The van der Waals surface area contributed by atoms with Crippen molar-refractivity contribution in [2.24, 2.45) is 0 Å². The summed E-state index contributed by atoms with van der Waals surface area (Å²) in [5.74, 6) is -0.316. The second-order valence-corrected chi connectivity index (χ2v) is 9.95. The summed E-state index contributed by atoms with van der Waals surface area (Å²) in [7, 11) is 3.24. The molecular weight excluding hydrogens is 496 g/mol. The molecule has 3 aromatic carbocycles. The van der Waals surface area contributed by atoms with E-state index in [2.05, 4.69) is 10.6 Å². The summed E-state index contributed by atoms with van der Waals surface area (Å²) in [4.78, 5) is 56.8. The van der Waals surface area contributed by atoms with Crippen LogP contribution in [0.3, 0.4) is 0 Å². The molecule has 202 valence electrons. The molecule has 6 bridgehead atoms. The third-order valence-electron chi connectivity index (χ3n) is 7.58. The standard InChI is InChI=1S/C30H32N4O5/c1-18(31-2)29(37)32-23-17-33-24-7-4-5-8-25(24)34(30(23)38)16-22-21-13-11-20(26(35)9-6-10-28(33)36)15-19(21)12-14-27(22)39-3/h4-5,7-8,11-15,18,23,31H,6,9-10,16-17H2,1-3H3,(H,32,37)/t18-,23-/m0/s1. The van der Waals surface area contributed by atoms with Crippen molar-refractivity contribution in [3.8, 4) is 5.75 Å². The van der Waals surface area contributed by atoms with Crippen molar-refractivity contribution in [3.05, 3.63) is 65.7 Å². The molecule has 3 aromatic rings. The van der Waals surface area contributed by atoms with Crippen LogP contribution < -0.4 is 25.2 Å². The zero-order valence-corrected chi connectivity index (χ0v) is 22.3. The number of hydrogen-bond donors (Lipinski definition) is 2. The number of nitrogens with zero attached hydrogens (tertiary/aromatic N) is 2. The van der Waals surface area contributed by atoms with Gasteiger partial charge in [-0.2, -0.15) is 0 Å². The summed E-state index contributed by atoms with van der Waals surface area (Å²) in [5.41, 5.74) is 2.50. The molecule has 3 aliphatic rings. The van der Waals surface area contributed by atoms with Gasteiger partial charge in [-0.15, -0.1) is 0 Å². The average molecular weight is 529 g/mol. The Bertz CT molecular complexity index is 1470. The molecule has 0 unspecified atom stereocenters. The molecule has 39 heavy (non-hydrogen) atoms. The lowest BCUT2D eigenvalue weighted by Crippen LogP contribution is -2.55. The molecule has 2 N–H and O–H groups in total. The van der Waals surface area contributed by atoms with Crippen LogP contribution in [-0.2, 0) is 20.9 Å². The number of likely N-dealkylation sites (N-methyl/N-ethyl adjacent to an activating group) is 1. The van der Waals surface area contributed by atoms with Crippen LogP contribution in [0.1, 0.15) is 42.1 Å². The van der Waals surface area contributed by atoms with Crippen molar-refractivity contribution in [3.63, 3.8) is 0 Å². The Hall–Kier alpha value is -4.24. The highest BCUT2D eigenvalue weighted by atomic mass is 16.5. The van der Waals surface area contributed by atoms with Gasteiger partial charge in [-0.25, -0.2) is 0 Å². The van der Waals surface area contributed by atoms with Crippen molar-refractivity contribution < 1.29 is 23.9 Å². The van der Waals surface area contributed by atoms with Gasteiger partial charge in [0.15, 0.2) is 5.78 Å². The topological polar surface area (TPSA) is 108 Å². The van der Waals surface area contributed by atoms with E-state index in [4.69, 9.17) is 4.74 Å². The Morgan fingerprint density at radius 1 is 1.00 bits per heavy atom. The van der Waals surface area contributed by atoms with E-state index in [-0.39, 0.29) is 49.4 Å². The summed E-state index contributed by atoms with van der Waals surface area (Å²) in [6, 6.07) is 15.0. The number of carbonyl (C=O) groups is 4. The quantitative estimate of drug-likeness (QED) is 0.539. The van der Waals surface area contributed by atoms with E-state index < -0.39 is 12.1 Å². The molecule has 3 heterocycles. The van der Waals surface area contributed by atoms with Gasteiger partial charge in [0, 0.05) is 24.0 Å². The second kappa shape index (κ2) is 10.9. The van der Waals surface area contributed by atoms with E-state index in [1.807, 2.05) is 48.5 Å². The molecule has 0 radical (unpaired) electrons. The number of rotatable bonds is 4. The van der Waals surface area contributed by atoms with Crippen LogP contribution in [0.25, 0.3) is 10.8 Å². The summed E-state index contributed by atoms with van der Waals surface area (Å²) in [6.45, 7) is 1.83. The van der Waals surface area contributed by atoms with Crippen molar-refractivity contribution in [1.82, 2.24) is 10.6 Å². The molecule has 2 atom stereocenters. The van der Waals surface area contributed by atoms with Crippen LogP contribution >= 0.6 is 0 Å². The number of benzene rings is 3. The molecule has 0 spiro atoms. The zero-order chi connectivity index (χ0) is 27.7. The number of carbonyl (C=O) groups excluding carboxylic acids is 4. The van der Waals surface area contributed by atoms with Gasteiger partial charge in [-0.3, -0.25) is 19.2 Å². The number of hydrogen-bond acceptors (Lipinski definition) is 6. The summed E-state index contributed by atoms with van der Waals surface area (Å²) in [5, 5.41) is 7.46. The first-order valence-corrected chi connectivity index (χ1v) is 13.1. The first kappa shape index (κ1) is 26.4. The van der Waals surface area contributed by atoms with Crippen molar-refractivity contribution >= 4 is 45.7 Å². The van der Waals surface area contributed by atoms with Gasteiger partial charge in [-0.05, 0) is 55.4 Å². The van der Waals surface area contributed by atoms with E-state index in [9.17, 15) is 19.2 Å². The molecule has 9 nitrogen and oxygen atoms in total. The Morgan fingerprint density at radius 3 is 2.46 bits per heavy atom. The van der Waals surface area contributed by atoms with Gasteiger partial charge in [0.1, 0.15) is 11.8 Å². The number of ether oxygens (including phenoxy) is 1. The molecule has 6 rings (SSSR count). The van der Waals surface area contributed by atoms with Gasteiger partial charge >= 0.3 is 0 Å². The number of fused-ring (bicyclic) bond motifs is 5.